The molecule has 0 fully saturated rings. The maximum atomic E-state index is 12.0. The third-order valence-electron chi connectivity index (χ3n) is 3.32. The second-order valence-corrected chi connectivity index (χ2v) is 7.04. The first-order valence-corrected chi connectivity index (χ1v) is 9.33. The summed E-state index contributed by atoms with van der Waals surface area (Å²) in [6.07, 6.45) is 2.73. The summed E-state index contributed by atoms with van der Waals surface area (Å²) in [5.74, 6) is 0.875. The van der Waals surface area contributed by atoms with Crippen molar-refractivity contribution in [2.24, 2.45) is 0 Å². The van der Waals surface area contributed by atoms with Crippen molar-refractivity contribution in [1.82, 2.24) is 9.71 Å². The van der Waals surface area contributed by atoms with Crippen LogP contribution in [-0.4, -0.2) is 32.3 Å². The van der Waals surface area contributed by atoms with Crippen LogP contribution >= 0.6 is 0 Å². The molecule has 1 aromatic carbocycles. The summed E-state index contributed by atoms with van der Waals surface area (Å²) in [5, 5.41) is 0. The second kappa shape index (κ2) is 8.64. The Morgan fingerprint density at radius 1 is 1.09 bits per heavy atom. The van der Waals surface area contributed by atoms with Crippen LogP contribution < -0.4 is 9.46 Å². The third-order valence-corrected chi connectivity index (χ3v) is 4.71. The number of benzene rings is 1. The summed E-state index contributed by atoms with van der Waals surface area (Å²) in [7, 11) is -3.28. The highest BCUT2D eigenvalue weighted by Gasteiger charge is 2.10. The van der Waals surface area contributed by atoms with Gasteiger partial charge in [-0.1, -0.05) is 18.2 Å². The van der Waals surface area contributed by atoms with Crippen molar-refractivity contribution in [1.29, 1.82) is 0 Å². The molecule has 1 aromatic heterocycles. The molecule has 0 aliphatic rings. The molecule has 1 N–H and O–H groups in total. The number of hydrogen-bond acceptors (Lipinski definition) is 4. The Kier molecular flexibility index (Phi) is 6.55. The van der Waals surface area contributed by atoms with Gasteiger partial charge in [-0.15, -0.1) is 0 Å². The van der Waals surface area contributed by atoms with Crippen LogP contribution in [0.2, 0.25) is 0 Å². The van der Waals surface area contributed by atoms with Crippen molar-refractivity contribution in [2.45, 2.75) is 19.8 Å². The highest BCUT2D eigenvalue weighted by atomic mass is 32.2. The van der Waals surface area contributed by atoms with Crippen molar-refractivity contribution >= 4 is 10.0 Å². The summed E-state index contributed by atoms with van der Waals surface area (Å²) < 4.78 is 32.0. The van der Waals surface area contributed by atoms with E-state index in [4.69, 9.17) is 4.74 Å². The van der Waals surface area contributed by atoms with Crippen molar-refractivity contribution in [3.05, 3.63) is 59.9 Å². The van der Waals surface area contributed by atoms with Gasteiger partial charge in [-0.05, 0) is 43.2 Å². The minimum Gasteiger partial charge on any atom is -0.494 e. The van der Waals surface area contributed by atoms with Gasteiger partial charge in [0.25, 0.3) is 0 Å². The number of aryl methyl sites for hydroxylation is 1. The highest BCUT2D eigenvalue weighted by molar-refractivity contribution is 7.89. The molecule has 6 heteroatoms. The molecule has 23 heavy (non-hydrogen) atoms. The van der Waals surface area contributed by atoms with Crippen molar-refractivity contribution < 1.29 is 13.2 Å². The molecule has 0 bridgehead atoms. The van der Waals surface area contributed by atoms with Gasteiger partial charge < -0.3 is 4.74 Å². The molecule has 5 nitrogen and oxygen atoms in total. The summed E-state index contributed by atoms with van der Waals surface area (Å²) in [6, 6.07) is 13.2. The fraction of sp³-hybridized carbons (Fsp3) is 0.353. The van der Waals surface area contributed by atoms with Gasteiger partial charge in [0.05, 0.1) is 12.4 Å². The fourth-order valence-corrected chi connectivity index (χ4v) is 3.16. The zero-order valence-electron chi connectivity index (χ0n) is 13.2. The van der Waals surface area contributed by atoms with Crippen LogP contribution in [0.25, 0.3) is 0 Å². The van der Waals surface area contributed by atoms with Gasteiger partial charge in [0.1, 0.15) is 5.75 Å². The van der Waals surface area contributed by atoms with E-state index in [1.54, 1.807) is 6.20 Å². The van der Waals surface area contributed by atoms with Gasteiger partial charge in [-0.25, -0.2) is 13.1 Å². The van der Waals surface area contributed by atoms with E-state index < -0.39 is 10.0 Å². The lowest BCUT2D eigenvalue weighted by atomic mass is 10.1. The lowest BCUT2D eigenvalue weighted by molar-refractivity contribution is 0.340. The molecule has 0 unspecified atom stereocenters. The van der Waals surface area contributed by atoms with E-state index in [9.17, 15) is 8.42 Å². The number of nitrogens with one attached hydrogen (secondary N) is 1. The zero-order chi connectivity index (χ0) is 16.5. The average Bonchev–Trinajstić information content (AvgIpc) is 2.56. The largest absolute Gasteiger partial charge is 0.494 e. The molecule has 2 rings (SSSR count). The van der Waals surface area contributed by atoms with E-state index in [0.29, 0.717) is 26.0 Å². The Morgan fingerprint density at radius 2 is 1.87 bits per heavy atom. The molecular weight excluding hydrogens is 312 g/mol. The Balaban J connectivity index is 1.75. The number of aromatic nitrogens is 1. The van der Waals surface area contributed by atoms with Crippen LogP contribution in [0.15, 0.2) is 48.7 Å². The van der Waals surface area contributed by atoms with Gasteiger partial charge >= 0.3 is 0 Å². The Labute approximate surface area is 137 Å². The highest BCUT2D eigenvalue weighted by Crippen LogP contribution is 2.12. The molecule has 0 saturated carbocycles. The SMILES string of the molecule is CCOc1ccc(CCNS(=O)(=O)CCc2ccccn2)cc1. The second-order valence-electron chi connectivity index (χ2n) is 5.11. The number of nitrogens with zero attached hydrogens (tertiary/aromatic N) is 1. The van der Waals surface area contributed by atoms with E-state index >= 15 is 0 Å². The van der Waals surface area contributed by atoms with Crippen LogP contribution in [-0.2, 0) is 22.9 Å². The van der Waals surface area contributed by atoms with E-state index in [-0.39, 0.29) is 5.75 Å². The molecule has 124 valence electrons. The molecule has 0 aliphatic heterocycles. The predicted molar refractivity (Wildman–Crippen MR) is 91.0 cm³/mol. The molecule has 1 heterocycles. The quantitative estimate of drug-likeness (QED) is 0.763. The van der Waals surface area contributed by atoms with Crippen LogP contribution in [0.4, 0.5) is 0 Å². The summed E-state index contributed by atoms with van der Waals surface area (Å²) in [6.45, 7) is 2.96. The van der Waals surface area contributed by atoms with Gasteiger partial charge in [0.2, 0.25) is 10.0 Å². The first kappa shape index (κ1) is 17.4. The van der Waals surface area contributed by atoms with Gasteiger partial charge in [-0.2, -0.15) is 0 Å². The maximum absolute atomic E-state index is 12.0. The Hall–Kier alpha value is -1.92. The summed E-state index contributed by atoms with van der Waals surface area (Å²) in [4.78, 5) is 4.13. The molecule has 0 radical (unpaired) electrons. The molecule has 0 atom stereocenters. The van der Waals surface area contributed by atoms with E-state index in [1.807, 2.05) is 49.4 Å². The predicted octanol–water partition coefficient (Wildman–Crippen LogP) is 2.18. The zero-order valence-corrected chi connectivity index (χ0v) is 14.1. The standard InChI is InChI=1S/C17H22N2O3S/c1-2-22-17-8-6-15(7-9-17)10-13-19-23(20,21)14-11-16-5-3-4-12-18-16/h3-9,12,19H,2,10-11,13-14H2,1H3. The van der Waals surface area contributed by atoms with Crippen LogP contribution in [0, 0.1) is 0 Å². The molecule has 0 saturated heterocycles. The smallest absolute Gasteiger partial charge is 0.211 e. The van der Waals surface area contributed by atoms with Crippen molar-refractivity contribution in [3.63, 3.8) is 0 Å². The number of ether oxygens (including phenoxy) is 1. The maximum Gasteiger partial charge on any atom is 0.211 e. The normalized spacial score (nSPS) is 11.3. The first-order chi connectivity index (χ1) is 11.1. The Bertz CT molecular complexity index is 686. The van der Waals surface area contributed by atoms with E-state index in [2.05, 4.69) is 9.71 Å². The van der Waals surface area contributed by atoms with Gasteiger partial charge in [0, 0.05) is 24.9 Å². The molecule has 0 aliphatic carbocycles. The number of sulfonamides is 1. The molecule has 0 spiro atoms. The van der Waals surface area contributed by atoms with Crippen molar-refractivity contribution in [2.75, 3.05) is 18.9 Å². The summed E-state index contributed by atoms with van der Waals surface area (Å²) in [5.41, 5.74) is 1.85. The molecular formula is C17H22N2O3S. The van der Waals surface area contributed by atoms with Crippen LogP contribution in [0.5, 0.6) is 5.75 Å². The number of hydrogen-bond donors (Lipinski definition) is 1. The molecule has 0 amide bonds. The topological polar surface area (TPSA) is 68.3 Å². The van der Waals surface area contributed by atoms with Gasteiger partial charge in [-0.3, -0.25) is 4.98 Å². The number of pyridine rings is 1. The molecule has 2 aromatic rings. The Morgan fingerprint density at radius 3 is 2.52 bits per heavy atom. The lowest BCUT2D eigenvalue weighted by Gasteiger charge is -2.07. The average molecular weight is 334 g/mol. The van der Waals surface area contributed by atoms with Gasteiger partial charge in [0.15, 0.2) is 0 Å². The fourth-order valence-electron chi connectivity index (χ4n) is 2.13. The van der Waals surface area contributed by atoms with E-state index in [0.717, 1.165) is 17.0 Å². The lowest BCUT2D eigenvalue weighted by Crippen LogP contribution is -2.29. The monoisotopic (exact) mass is 334 g/mol. The number of rotatable bonds is 9. The third kappa shape index (κ3) is 6.38. The minimum absolute atomic E-state index is 0.0489. The van der Waals surface area contributed by atoms with Crippen molar-refractivity contribution in [3.8, 4) is 5.75 Å². The van der Waals surface area contributed by atoms with Crippen LogP contribution in [0.3, 0.4) is 0 Å². The summed E-state index contributed by atoms with van der Waals surface area (Å²) >= 11 is 0. The minimum atomic E-state index is -3.28. The van der Waals surface area contributed by atoms with Crippen LogP contribution in [0.1, 0.15) is 18.2 Å². The van der Waals surface area contributed by atoms with E-state index in [1.165, 1.54) is 0 Å². The first-order valence-electron chi connectivity index (χ1n) is 7.68.